The first-order valence-corrected chi connectivity index (χ1v) is 5.64. The Morgan fingerprint density at radius 1 is 1.41 bits per heavy atom. The second-order valence-electron chi connectivity index (χ2n) is 4.12. The third kappa shape index (κ3) is 2.88. The summed E-state index contributed by atoms with van der Waals surface area (Å²) in [7, 11) is 1.62. The predicted octanol–water partition coefficient (Wildman–Crippen LogP) is 0.889. The van der Waals surface area contributed by atoms with Gasteiger partial charge < -0.3 is 15.4 Å². The number of rotatable bonds is 3. The Labute approximate surface area is 101 Å². The minimum atomic E-state index is -0.262. The van der Waals surface area contributed by atoms with E-state index in [0.717, 1.165) is 11.4 Å². The van der Waals surface area contributed by atoms with Gasteiger partial charge in [0.05, 0.1) is 12.8 Å². The van der Waals surface area contributed by atoms with E-state index in [9.17, 15) is 4.79 Å². The van der Waals surface area contributed by atoms with Gasteiger partial charge in [-0.25, -0.2) is 0 Å². The number of hydrogen-bond acceptors (Lipinski definition) is 4. The molecule has 0 aromatic heterocycles. The van der Waals surface area contributed by atoms with E-state index in [-0.39, 0.29) is 18.2 Å². The van der Waals surface area contributed by atoms with Crippen molar-refractivity contribution in [3.8, 4) is 5.75 Å². The molecule has 3 N–H and O–H groups in total. The van der Waals surface area contributed by atoms with Gasteiger partial charge in [0.15, 0.2) is 6.29 Å². The predicted molar refractivity (Wildman–Crippen MR) is 65.8 cm³/mol. The molecule has 1 aliphatic heterocycles. The van der Waals surface area contributed by atoms with Gasteiger partial charge in [-0.05, 0) is 19.1 Å². The van der Waals surface area contributed by atoms with Gasteiger partial charge in [0.25, 0.3) is 0 Å². The molecule has 5 heteroatoms. The van der Waals surface area contributed by atoms with Crippen LogP contribution in [0.5, 0.6) is 5.75 Å². The van der Waals surface area contributed by atoms with Crippen molar-refractivity contribution in [1.29, 1.82) is 0 Å². The highest BCUT2D eigenvalue weighted by molar-refractivity contribution is 5.78. The highest BCUT2D eigenvalue weighted by Gasteiger charge is 2.22. The van der Waals surface area contributed by atoms with E-state index in [4.69, 9.17) is 4.74 Å². The van der Waals surface area contributed by atoms with Crippen LogP contribution in [0, 0.1) is 0 Å². The molecule has 1 heterocycles. The lowest BCUT2D eigenvalue weighted by Gasteiger charge is -2.31. The third-order valence-corrected chi connectivity index (χ3v) is 2.65. The van der Waals surface area contributed by atoms with Crippen molar-refractivity contribution in [3.63, 3.8) is 0 Å². The van der Waals surface area contributed by atoms with Gasteiger partial charge in [0, 0.05) is 12.5 Å². The molecule has 92 valence electrons. The Balaban J connectivity index is 2.07. The number of nitrogens with one attached hydrogen (secondary N) is 3. The molecule has 5 nitrogen and oxygen atoms in total. The van der Waals surface area contributed by atoms with E-state index < -0.39 is 0 Å². The molecule has 2 atom stereocenters. The minimum absolute atomic E-state index is 0.0450. The summed E-state index contributed by atoms with van der Waals surface area (Å²) in [5, 5.41) is 9.27. The van der Waals surface area contributed by atoms with Gasteiger partial charge in [0.2, 0.25) is 5.91 Å². The van der Waals surface area contributed by atoms with E-state index in [1.807, 2.05) is 31.2 Å². The van der Waals surface area contributed by atoms with Crippen LogP contribution in [0.4, 0.5) is 5.69 Å². The quantitative estimate of drug-likeness (QED) is 0.728. The van der Waals surface area contributed by atoms with E-state index in [1.54, 1.807) is 7.11 Å². The maximum absolute atomic E-state index is 11.4. The van der Waals surface area contributed by atoms with Crippen molar-refractivity contribution in [3.05, 3.63) is 24.3 Å². The zero-order valence-electron chi connectivity index (χ0n) is 9.99. The zero-order chi connectivity index (χ0) is 12.3. The normalized spacial score (nSPS) is 24.0. The van der Waals surface area contributed by atoms with Crippen molar-refractivity contribution in [2.24, 2.45) is 0 Å². The standard InChI is InChI=1S/C12H17N3O2/c1-8-7-11(16)15-12(13-8)14-9-5-3-4-6-10(9)17-2/h3-6,8,12-14H,7H2,1-2H3,(H,15,16). The lowest BCUT2D eigenvalue weighted by Crippen LogP contribution is -2.59. The van der Waals surface area contributed by atoms with Crippen LogP contribution in [0.2, 0.25) is 0 Å². The first-order valence-electron chi connectivity index (χ1n) is 5.64. The molecule has 0 saturated carbocycles. The second-order valence-corrected chi connectivity index (χ2v) is 4.12. The van der Waals surface area contributed by atoms with Gasteiger partial charge in [-0.2, -0.15) is 0 Å². The molecule has 1 fully saturated rings. The summed E-state index contributed by atoms with van der Waals surface area (Å²) in [6, 6.07) is 7.76. The molecular formula is C12H17N3O2. The first-order chi connectivity index (χ1) is 8.19. The molecule has 0 bridgehead atoms. The third-order valence-electron chi connectivity index (χ3n) is 2.65. The van der Waals surface area contributed by atoms with Crippen LogP contribution in [0.25, 0.3) is 0 Å². The van der Waals surface area contributed by atoms with Crippen LogP contribution < -0.4 is 20.7 Å². The van der Waals surface area contributed by atoms with Crippen molar-refractivity contribution in [2.75, 3.05) is 12.4 Å². The number of methoxy groups -OCH3 is 1. The lowest BCUT2D eigenvalue weighted by molar-refractivity contribution is -0.123. The number of ether oxygens (including phenoxy) is 1. The molecule has 2 unspecified atom stereocenters. The Bertz CT molecular complexity index is 408. The number of benzene rings is 1. The molecule has 0 aliphatic carbocycles. The van der Waals surface area contributed by atoms with Gasteiger partial charge in [-0.1, -0.05) is 12.1 Å². The molecule has 1 aromatic rings. The first kappa shape index (κ1) is 11.7. The number of carbonyl (C=O) groups is 1. The molecule has 0 radical (unpaired) electrons. The van der Waals surface area contributed by atoms with Crippen molar-refractivity contribution in [1.82, 2.24) is 10.6 Å². The van der Waals surface area contributed by atoms with Gasteiger partial charge in [-0.3, -0.25) is 10.1 Å². The summed E-state index contributed by atoms with van der Waals surface area (Å²) >= 11 is 0. The van der Waals surface area contributed by atoms with Crippen LogP contribution in [0.15, 0.2) is 24.3 Å². The van der Waals surface area contributed by atoms with Crippen molar-refractivity contribution in [2.45, 2.75) is 25.7 Å². The molecule has 2 rings (SSSR count). The fraction of sp³-hybridized carbons (Fsp3) is 0.417. The molecule has 1 aliphatic rings. The second kappa shape index (κ2) is 5.05. The van der Waals surface area contributed by atoms with Gasteiger partial charge in [0.1, 0.15) is 5.75 Å². The van der Waals surface area contributed by atoms with E-state index in [1.165, 1.54) is 0 Å². The summed E-state index contributed by atoms with van der Waals surface area (Å²) < 4.78 is 5.24. The van der Waals surface area contributed by atoms with Gasteiger partial charge >= 0.3 is 0 Å². The SMILES string of the molecule is COc1ccccc1NC1NC(=O)CC(C)N1. The molecule has 1 aromatic carbocycles. The lowest BCUT2D eigenvalue weighted by atomic mass is 10.2. The average molecular weight is 235 g/mol. The Morgan fingerprint density at radius 3 is 2.88 bits per heavy atom. The highest BCUT2D eigenvalue weighted by Crippen LogP contribution is 2.23. The summed E-state index contributed by atoms with van der Waals surface area (Å²) in [6.07, 6.45) is 0.243. The summed E-state index contributed by atoms with van der Waals surface area (Å²) in [6.45, 7) is 1.98. The average Bonchev–Trinajstić information content (AvgIpc) is 2.28. The summed E-state index contributed by atoms with van der Waals surface area (Å²) in [4.78, 5) is 11.4. The number of para-hydroxylation sites is 2. The largest absolute Gasteiger partial charge is 0.495 e. The monoisotopic (exact) mass is 235 g/mol. The van der Waals surface area contributed by atoms with Crippen molar-refractivity contribution < 1.29 is 9.53 Å². The van der Waals surface area contributed by atoms with E-state index in [0.29, 0.717) is 6.42 Å². The molecule has 0 spiro atoms. The number of carbonyl (C=O) groups excluding carboxylic acids is 1. The Kier molecular flexibility index (Phi) is 3.49. The van der Waals surface area contributed by atoms with E-state index >= 15 is 0 Å². The van der Waals surface area contributed by atoms with Crippen LogP contribution in [0.1, 0.15) is 13.3 Å². The van der Waals surface area contributed by atoms with Crippen LogP contribution in [-0.2, 0) is 4.79 Å². The summed E-state index contributed by atoms with van der Waals surface area (Å²) in [5.41, 5.74) is 0.849. The number of hydrogen-bond donors (Lipinski definition) is 3. The van der Waals surface area contributed by atoms with Crippen molar-refractivity contribution >= 4 is 11.6 Å². The van der Waals surface area contributed by atoms with Crippen LogP contribution >= 0.6 is 0 Å². The fourth-order valence-corrected chi connectivity index (χ4v) is 1.88. The fourth-order valence-electron chi connectivity index (χ4n) is 1.88. The molecule has 17 heavy (non-hydrogen) atoms. The topological polar surface area (TPSA) is 62.4 Å². The molecule has 1 amide bonds. The smallest absolute Gasteiger partial charge is 0.224 e. The van der Waals surface area contributed by atoms with Crippen LogP contribution in [-0.4, -0.2) is 25.3 Å². The number of amides is 1. The number of anilines is 1. The maximum atomic E-state index is 11.4. The highest BCUT2D eigenvalue weighted by atomic mass is 16.5. The maximum Gasteiger partial charge on any atom is 0.224 e. The Morgan fingerprint density at radius 2 is 2.18 bits per heavy atom. The molecular weight excluding hydrogens is 218 g/mol. The summed E-state index contributed by atoms with van der Waals surface area (Å²) in [5.74, 6) is 0.797. The van der Waals surface area contributed by atoms with Crippen LogP contribution in [0.3, 0.4) is 0 Å². The van der Waals surface area contributed by atoms with Gasteiger partial charge in [-0.15, -0.1) is 0 Å². The van der Waals surface area contributed by atoms with E-state index in [2.05, 4.69) is 16.0 Å². The Hall–Kier alpha value is -1.75. The zero-order valence-corrected chi connectivity index (χ0v) is 9.99. The minimum Gasteiger partial charge on any atom is -0.495 e. The molecule has 1 saturated heterocycles.